The van der Waals surface area contributed by atoms with Crippen LogP contribution in [0.5, 0.6) is 5.75 Å². The van der Waals surface area contributed by atoms with Gasteiger partial charge < -0.3 is 5.11 Å². The lowest BCUT2D eigenvalue weighted by molar-refractivity contribution is -0.386. The summed E-state index contributed by atoms with van der Waals surface area (Å²) in [4.78, 5) is 22.2. The highest BCUT2D eigenvalue weighted by molar-refractivity contribution is 5.82. The van der Waals surface area contributed by atoms with Gasteiger partial charge in [0.1, 0.15) is 23.7 Å². The third-order valence-electron chi connectivity index (χ3n) is 3.12. The van der Waals surface area contributed by atoms with E-state index >= 15 is 0 Å². The lowest BCUT2D eigenvalue weighted by atomic mass is 10.2. The molecule has 2 aromatic rings. The molecule has 120 valence electrons. The Kier molecular flexibility index (Phi) is 4.69. The van der Waals surface area contributed by atoms with Gasteiger partial charge in [0.2, 0.25) is 0 Å². The molecule has 1 aromatic heterocycles. The Morgan fingerprint density at radius 1 is 1.43 bits per heavy atom. The second kappa shape index (κ2) is 6.69. The molecule has 2 N–H and O–H groups in total. The number of nitro groups is 1. The molecule has 0 aliphatic heterocycles. The molecule has 23 heavy (non-hydrogen) atoms. The highest BCUT2D eigenvalue weighted by Crippen LogP contribution is 2.21. The minimum Gasteiger partial charge on any atom is -0.508 e. The van der Waals surface area contributed by atoms with Crippen LogP contribution in [-0.2, 0) is 11.3 Å². The molecule has 0 bridgehead atoms. The summed E-state index contributed by atoms with van der Waals surface area (Å²) in [5, 5.41) is 27.8. The van der Waals surface area contributed by atoms with E-state index in [1.54, 1.807) is 12.1 Å². The third kappa shape index (κ3) is 3.90. The summed E-state index contributed by atoms with van der Waals surface area (Å²) in [5.74, 6) is -0.321. The number of amides is 1. The van der Waals surface area contributed by atoms with Gasteiger partial charge in [0.15, 0.2) is 0 Å². The summed E-state index contributed by atoms with van der Waals surface area (Å²) in [7, 11) is 0. The van der Waals surface area contributed by atoms with Crippen LogP contribution < -0.4 is 5.43 Å². The maximum absolute atomic E-state index is 11.8. The number of benzene rings is 1. The normalized spacial score (nSPS) is 10.9. The molecule has 0 aliphatic carbocycles. The van der Waals surface area contributed by atoms with E-state index in [9.17, 15) is 14.9 Å². The Morgan fingerprint density at radius 3 is 2.65 bits per heavy atom. The van der Waals surface area contributed by atoms with E-state index in [0.29, 0.717) is 11.3 Å². The molecular formula is C14H15N5O4. The van der Waals surface area contributed by atoms with E-state index in [0.717, 1.165) is 0 Å². The molecule has 2 rings (SSSR count). The zero-order chi connectivity index (χ0) is 17.0. The average Bonchev–Trinajstić information content (AvgIpc) is 2.75. The molecule has 0 aliphatic rings. The summed E-state index contributed by atoms with van der Waals surface area (Å²) in [6, 6.07) is 6.26. The zero-order valence-corrected chi connectivity index (χ0v) is 12.6. The first-order valence-corrected chi connectivity index (χ1v) is 6.68. The van der Waals surface area contributed by atoms with Crippen molar-refractivity contribution >= 4 is 17.8 Å². The van der Waals surface area contributed by atoms with E-state index in [1.807, 2.05) is 0 Å². The van der Waals surface area contributed by atoms with Crippen molar-refractivity contribution in [3.8, 4) is 5.75 Å². The summed E-state index contributed by atoms with van der Waals surface area (Å²) in [6.45, 7) is 2.88. The number of nitrogens with zero attached hydrogens (tertiary/aromatic N) is 4. The van der Waals surface area contributed by atoms with Gasteiger partial charge in [-0.05, 0) is 43.7 Å². The molecule has 0 radical (unpaired) electrons. The Bertz CT molecular complexity index is 764. The van der Waals surface area contributed by atoms with Crippen molar-refractivity contribution in [1.82, 2.24) is 15.2 Å². The van der Waals surface area contributed by atoms with Crippen molar-refractivity contribution < 1.29 is 14.8 Å². The fourth-order valence-electron chi connectivity index (χ4n) is 2.02. The number of hydrogen-bond donors (Lipinski definition) is 2. The Morgan fingerprint density at radius 2 is 2.09 bits per heavy atom. The number of hydrazone groups is 1. The molecule has 9 nitrogen and oxygen atoms in total. The summed E-state index contributed by atoms with van der Waals surface area (Å²) in [5.41, 5.74) is 3.49. The van der Waals surface area contributed by atoms with Crippen LogP contribution in [0.25, 0.3) is 0 Å². The zero-order valence-electron chi connectivity index (χ0n) is 12.6. The quantitative estimate of drug-likeness (QED) is 0.488. The molecule has 0 saturated heterocycles. The predicted molar refractivity (Wildman–Crippen MR) is 82.2 cm³/mol. The second-order valence-corrected chi connectivity index (χ2v) is 4.82. The van der Waals surface area contributed by atoms with Crippen molar-refractivity contribution in [3.05, 3.63) is 51.3 Å². The molecule has 0 saturated carbocycles. The molecule has 0 spiro atoms. The maximum atomic E-state index is 11.8. The number of carbonyl (C=O) groups excluding carboxylic acids is 1. The monoisotopic (exact) mass is 317 g/mol. The van der Waals surface area contributed by atoms with Gasteiger partial charge in [-0.1, -0.05) is 0 Å². The fraction of sp³-hybridized carbons (Fsp3) is 0.214. The van der Waals surface area contributed by atoms with Gasteiger partial charge in [-0.15, -0.1) is 0 Å². The molecule has 1 aromatic carbocycles. The van der Waals surface area contributed by atoms with E-state index in [1.165, 1.54) is 36.9 Å². The van der Waals surface area contributed by atoms with Crippen molar-refractivity contribution in [2.24, 2.45) is 5.10 Å². The van der Waals surface area contributed by atoms with Crippen molar-refractivity contribution in [2.75, 3.05) is 0 Å². The molecule has 9 heteroatoms. The number of hydrogen-bond acceptors (Lipinski definition) is 6. The first-order chi connectivity index (χ1) is 10.9. The summed E-state index contributed by atoms with van der Waals surface area (Å²) >= 11 is 0. The molecule has 0 fully saturated rings. The van der Waals surface area contributed by atoms with Gasteiger partial charge in [0.25, 0.3) is 5.91 Å². The largest absolute Gasteiger partial charge is 0.508 e. The molecule has 0 atom stereocenters. The Balaban J connectivity index is 1.99. The van der Waals surface area contributed by atoms with Gasteiger partial charge in [0.05, 0.1) is 11.1 Å². The number of carbonyl (C=O) groups is 1. The van der Waals surface area contributed by atoms with Crippen LogP contribution in [0.4, 0.5) is 5.69 Å². The maximum Gasteiger partial charge on any atom is 0.312 e. The van der Waals surface area contributed by atoms with Gasteiger partial charge in [-0.25, -0.2) is 5.43 Å². The smallest absolute Gasteiger partial charge is 0.312 e. The molecule has 0 unspecified atom stereocenters. The van der Waals surface area contributed by atoms with E-state index < -0.39 is 10.8 Å². The Labute approximate surface area is 131 Å². The van der Waals surface area contributed by atoms with E-state index in [-0.39, 0.29) is 23.7 Å². The van der Waals surface area contributed by atoms with Crippen molar-refractivity contribution in [2.45, 2.75) is 20.4 Å². The number of nitrogens with one attached hydrogen (secondary N) is 1. The lowest BCUT2D eigenvalue weighted by Gasteiger charge is -2.02. The van der Waals surface area contributed by atoms with Crippen LogP contribution in [-0.4, -0.2) is 31.9 Å². The van der Waals surface area contributed by atoms with E-state index in [2.05, 4.69) is 15.6 Å². The summed E-state index contributed by atoms with van der Waals surface area (Å²) in [6.07, 6.45) is 1.42. The third-order valence-corrected chi connectivity index (χ3v) is 3.12. The first-order valence-electron chi connectivity index (χ1n) is 6.68. The first kappa shape index (κ1) is 16.1. The van der Waals surface area contributed by atoms with Crippen molar-refractivity contribution in [3.63, 3.8) is 0 Å². The lowest BCUT2D eigenvalue weighted by Crippen LogP contribution is -2.24. The average molecular weight is 317 g/mol. The number of phenols is 1. The summed E-state index contributed by atoms with van der Waals surface area (Å²) < 4.78 is 1.26. The minimum absolute atomic E-state index is 0.0922. The van der Waals surface area contributed by atoms with Gasteiger partial charge in [-0.2, -0.15) is 10.2 Å². The van der Waals surface area contributed by atoms with Gasteiger partial charge in [-0.3, -0.25) is 19.6 Å². The van der Waals surface area contributed by atoms with Crippen LogP contribution in [0.2, 0.25) is 0 Å². The number of aromatic hydroxyl groups is 1. The van der Waals surface area contributed by atoms with Gasteiger partial charge >= 0.3 is 5.69 Å². The Hall–Kier alpha value is -3.23. The molecular weight excluding hydrogens is 302 g/mol. The van der Waals surface area contributed by atoms with Crippen LogP contribution in [0.1, 0.15) is 17.0 Å². The van der Waals surface area contributed by atoms with Crippen LogP contribution in [0.3, 0.4) is 0 Å². The SMILES string of the molecule is Cc1nn(CC(=O)N/N=C/c2ccc(O)cc2)c(C)c1[N+](=O)[O-]. The van der Waals surface area contributed by atoms with Gasteiger partial charge in [0, 0.05) is 0 Å². The number of phenolic OH excluding ortho intramolecular Hbond substituents is 1. The second-order valence-electron chi connectivity index (χ2n) is 4.82. The number of aromatic nitrogens is 2. The standard InChI is InChI=1S/C14H15N5O4/c1-9-14(19(22)23)10(2)18(17-9)8-13(21)16-15-7-11-3-5-12(20)6-4-11/h3-7,20H,8H2,1-2H3,(H,16,21)/b15-7+. The van der Waals surface area contributed by atoms with E-state index in [4.69, 9.17) is 5.11 Å². The number of rotatable bonds is 5. The molecule has 1 heterocycles. The van der Waals surface area contributed by atoms with Crippen LogP contribution in [0.15, 0.2) is 29.4 Å². The van der Waals surface area contributed by atoms with Crippen LogP contribution >= 0.6 is 0 Å². The highest BCUT2D eigenvalue weighted by Gasteiger charge is 2.22. The predicted octanol–water partition coefficient (Wildman–Crippen LogP) is 1.26. The molecule has 1 amide bonds. The van der Waals surface area contributed by atoms with Crippen molar-refractivity contribution in [1.29, 1.82) is 0 Å². The fourth-order valence-corrected chi connectivity index (χ4v) is 2.02. The number of aryl methyl sites for hydroxylation is 1. The topological polar surface area (TPSA) is 123 Å². The minimum atomic E-state index is -0.519. The van der Waals surface area contributed by atoms with Crippen LogP contribution in [0, 0.1) is 24.0 Å². The highest BCUT2D eigenvalue weighted by atomic mass is 16.6.